The van der Waals surface area contributed by atoms with E-state index in [9.17, 15) is 9.59 Å². The lowest BCUT2D eigenvalue weighted by atomic mass is 10.2. The molecule has 6 nitrogen and oxygen atoms in total. The van der Waals surface area contributed by atoms with Crippen LogP contribution in [0.3, 0.4) is 0 Å². The Kier molecular flexibility index (Phi) is 7.79. The molecule has 1 aromatic rings. The molecular weight excluding hydrogens is 398 g/mol. The van der Waals surface area contributed by atoms with Gasteiger partial charge in [-0.2, -0.15) is 0 Å². The minimum absolute atomic E-state index is 0.0629. The van der Waals surface area contributed by atoms with Crippen molar-refractivity contribution in [3.05, 3.63) is 46.0 Å². The van der Waals surface area contributed by atoms with Crippen LogP contribution in [0.2, 0.25) is 5.02 Å². The van der Waals surface area contributed by atoms with Crippen molar-refractivity contribution in [3.63, 3.8) is 0 Å². The maximum absolute atomic E-state index is 12.1. The molecule has 2 fully saturated rings. The van der Waals surface area contributed by atoms with E-state index in [2.05, 4.69) is 26.7 Å². The van der Waals surface area contributed by atoms with Crippen LogP contribution in [0.15, 0.2) is 35.4 Å². The van der Waals surface area contributed by atoms with Crippen molar-refractivity contribution in [2.24, 2.45) is 0 Å². The highest BCUT2D eigenvalue weighted by Gasteiger charge is 2.27. The third-order valence-electron chi connectivity index (χ3n) is 4.99. The number of esters is 1. The number of ether oxygens (including phenoxy) is 1. The average molecular weight is 424 g/mol. The molecule has 2 aliphatic heterocycles. The standard InChI is InChI=1S/C20H26ClN3O3S/c1-27-20(26)13-19-24(18(25)15-28-19)8-2-7-22-9-11-23(12-10-22)14-16-3-5-17(21)6-4-16/h3-6,13H,2,7-12,14-15H2,1H3/b19-13-. The van der Waals surface area contributed by atoms with Gasteiger partial charge in [0.2, 0.25) is 5.91 Å². The second kappa shape index (κ2) is 10.3. The van der Waals surface area contributed by atoms with Gasteiger partial charge in [0, 0.05) is 44.3 Å². The van der Waals surface area contributed by atoms with E-state index in [-0.39, 0.29) is 5.91 Å². The zero-order valence-corrected chi connectivity index (χ0v) is 17.7. The van der Waals surface area contributed by atoms with Crippen LogP contribution in [0, 0.1) is 0 Å². The summed E-state index contributed by atoms with van der Waals surface area (Å²) in [5.74, 6) is 0.0404. The fourth-order valence-electron chi connectivity index (χ4n) is 3.40. The Balaban J connectivity index is 1.39. The van der Waals surface area contributed by atoms with Crippen molar-refractivity contribution in [2.75, 3.05) is 52.1 Å². The number of carbonyl (C=O) groups excluding carboxylic acids is 2. The van der Waals surface area contributed by atoms with Gasteiger partial charge in [-0.15, -0.1) is 0 Å². The fourth-order valence-corrected chi connectivity index (χ4v) is 4.48. The summed E-state index contributed by atoms with van der Waals surface area (Å²) in [7, 11) is 1.34. The number of halogens is 1. The smallest absolute Gasteiger partial charge is 0.333 e. The van der Waals surface area contributed by atoms with Gasteiger partial charge in [-0.05, 0) is 30.7 Å². The van der Waals surface area contributed by atoms with Crippen LogP contribution in [0.1, 0.15) is 12.0 Å². The molecule has 3 rings (SSSR count). The lowest BCUT2D eigenvalue weighted by molar-refractivity contribution is -0.134. The summed E-state index contributed by atoms with van der Waals surface area (Å²) in [5.41, 5.74) is 1.29. The van der Waals surface area contributed by atoms with Gasteiger partial charge in [0.1, 0.15) is 0 Å². The number of methoxy groups -OCH3 is 1. The van der Waals surface area contributed by atoms with Crippen LogP contribution in [0.4, 0.5) is 0 Å². The highest BCUT2D eigenvalue weighted by molar-refractivity contribution is 8.04. The molecule has 0 aliphatic carbocycles. The zero-order valence-electron chi connectivity index (χ0n) is 16.1. The van der Waals surface area contributed by atoms with Gasteiger partial charge in [0.25, 0.3) is 0 Å². The first-order chi connectivity index (χ1) is 13.5. The molecule has 0 aromatic heterocycles. The molecule has 0 radical (unpaired) electrons. The van der Waals surface area contributed by atoms with Crippen molar-refractivity contribution in [3.8, 4) is 0 Å². The molecular formula is C20H26ClN3O3S. The van der Waals surface area contributed by atoms with Crippen LogP contribution >= 0.6 is 23.4 Å². The average Bonchev–Trinajstić information content (AvgIpc) is 3.04. The molecule has 2 aliphatic rings. The van der Waals surface area contributed by atoms with Crippen LogP contribution in [0.25, 0.3) is 0 Å². The second-order valence-corrected chi connectivity index (χ2v) is 8.37. The first-order valence-electron chi connectivity index (χ1n) is 9.47. The van der Waals surface area contributed by atoms with Crippen LogP contribution in [-0.4, -0.2) is 78.7 Å². The maximum atomic E-state index is 12.1. The Labute approximate surface area is 175 Å². The van der Waals surface area contributed by atoms with Gasteiger partial charge < -0.3 is 14.5 Å². The molecule has 1 amide bonds. The first-order valence-corrected chi connectivity index (χ1v) is 10.8. The minimum Gasteiger partial charge on any atom is -0.466 e. The normalized spacial score (nSPS) is 20.1. The Morgan fingerprint density at radius 3 is 2.50 bits per heavy atom. The molecule has 0 N–H and O–H groups in total. The van der Waals surface area contributed by atoms with Gasteiger partial charge in [-0.25, -0.2) is 4.79 Å². The van der Waals surface area contributed by atoms with Crippen molar-refractivity contribution >= 4 is 35.2 Å². The van der Waals surface area contributed by atoms with E-state index in [1.807, 2.05) is 12.1 Å². The number of hydrogen-bond acceptors (Lipinski definition) is 6. The molecule has 2 heterocycles. The maximum Gasteiger partial charge on any atom is 0.333 e. The summed E-state index contributed by atoms with van der Waals surface area (Å²) >= 11 is 7.35. The topological polar surface area (TPSA) is 53.1 Å². The molecule has 28 heavy (non-hydrogen) atoms. The van der Waals surface area contributed by atoms with Crippen molar-refractivity contribution in [1.29, 1.82) is 0 Å². The molecule has 1 aromatic carbocycles. The lowest BCUT2D eigenvalue weighted by Gasteiger charge is -2.35. The van der Waals surface area contributed by atoms with Crippen molar-refractivity contribution in [2.45, 2.75) is 13.0 Å². The number of rotatable bonds is 7. The summed E-state index contributed by atoms with van der Waals surface area (Å²) in [4.78, 5) is 30.1. The number of piperazine rings is 1. The second-order valence-electron chi connectivity index (χ2n) is 6.94. The Morgan fingerprint density at radius 2 is 1.82 bits per heavy atom. The molecule has 0 unspecified atom stereocenters. The van der Waals surface area contributed by atoms with E-state index in [1.54, 1.807) is 4.90 Å². The SMILES string of the molecule is COC(=O)/C=C1\SCC(=O)N1CCCN1CCN(Cc2ccc(Cl)cc2)CC1. The molecule has 0 spiro atoms. The number of hydrogen-bond donors (Lipinski definition) is 0. The highest BCUT2D eigenvalue weighted by Crippen LogP contribution is 2.28. The summed E-state index contributed by atoms with van der Waals surface area (Å²) in [5, 5.41) is 1.47. The number of thioether (sulfide) groups is 1. The van der Waals surface area contributed by atoms with Gasteiger partial charge in [-0.3, -0.25) is 9.69 Å². The summed E-state index contributed by atoms with van der Waals surface area (Å²) in [6.07, 6.45) is 2.30. The third kappa shape index (κ3) is 5.98. The summed E-state index contributed by atoms with van der Waals surface area (Å²) in [6.45, 7) is 6.67. The van der Waals surface area contributed by atoms with E-state index in [0.29, 0.717) is 17.3 Å². The van der Waals surface area contributed by atoms with Gasteiger partial charge in [-0.1, -0.05) is 35.5 Å². The Morgan fingerprint density at radius 1 is 1.14 bits per heavy atom. The van der Waals surface area contributed by atoms with Crippen LogP contribution in [0.5, 0.6) is 0 Å². The van der Waals surface area contributed by atoms with Gasteiger partial charge in [0.15, 0.2) is 0 Å². The molecule has 0 saturated carbocycles. The van der Waals surface area contributed by atoms with Crippen LogP contribution < -0.4 is 0 Å². The van der Waals surface area contributed by atoms with E-state index >= 15 is 0 Å². The van der Waals surface area contributed by atoms with Gasteiger partial charge >= 0.3 is 5.97 Å². The summed E-state index contributed by atoms with van der Waals surface area (Å²) < 4.78 is 4.67. The van der Waals surface area contributed by atoms with E-state index in [4.69, 9.17) is 11.6 Å². The molecule has 0 atom stereocenters. The molecule has 0 bridgehead atoms. The Hall–Kier alpha value is -1.54. The number of benzene rings is 1. The molecule has 8 heteroatoms. The first kappa shape index (κ1) is 21.2. The highest BCUT2D eigenvalue weighted by atomic mass is 35.5. The number of carbonyl (C=O) groups is 2. The largest absolute Gasteiger partial charge is 0.466 e. The van der Waals surface area contributed by atoms with E-state index < -0.39 is 5.97 Å². The summed E-state index contributed by atoms with van der Waals surface area (Å²) in [6, 6.07) is 8.04. The predicted octanol–water partition coefficient (Wildman–Crippen LogP) is 2.44. The zero-order chi connectivity index (χ0) is 19.9. The number of amides is 1. The van der Waals surface area contributed by atoms with Gasteiger partial charge in [0.05, 0.1) is 24.0 Å². The van der Waals surface area contributed by atoms with E-state index in [1.165, 1.54) is 30.5 Å². The minimum atomic E-state index is -0.418. The fraction of sp³-hybridized carbons (Fsp3) is 0.500. The van der Waals surface area contributed by atoms with Crippen molar-refractivity contribution < 1.29 is 14.3 Å². The van der Waals surface area contributed by atoms with E-state index in [0.717, 1.165) is 50.7 Å². The van der Waals surface area contributed by atoms with Crippen molar-refractivity contribution in [1.82, 2.24) is 14.7 Å². The third-order valence-corrected chi connectivity index (χ3v) is 6.27. The van der Waals surface area contributed by atoms with Crippen LogP contribution in [-0.2, 0) is 20.9 Å². The number of nitrogens with zero attached hydrogens (tertiary/aromatic N) is 3. The predicted molar refractivity (Wildman–Crippen MR) is 112 cm³/mol. The molecule has 152 valence electrons. The molecule has 2 saturated heterocycles. The monoisotopic (exact) mass is 423 g/mol. The lowest BCUT2D eigenvalue weighted by Crippen LogP contribution is -2.46. The quantitative estimate of drug-likeness (QED) is 0.496. The Bertz CT molecular complexity index is 718.